The molecule has 2 N–H and O–H groups in total. The fourth-order valence-corrected chi connectivity index (χ4v) is 2.20. The molecule has 0 saturated carbocycles. The predicted molar refractivity (Wildman–Crippen MR) is 73.4 cm³/mol. The Balaban J connectivity index is 2.37. The monoisotopic (exact) mass is 253 g/mol. The molecular weight excluding hydrogens is 229 g/mol. The standard InChI is InChI=1S/C15H24FNO/c1-18-13-15(16,11-6-12-17)10-5-9-14-7-3-2-4-8-14/h2-4,7-8H,5-6,9-13,17H2,1H3. The summed E-state index contributed by atoms with van der Waals surface area (Å²) in [7, 11) is 1.55. The van der Waals surface area contributed by atoms with E-state index in [9.17, 15) is 4.39 Å². The molecule has 1 atom stereocenters. The van der Waals surface area contributed by atoms with E-state index < -0.39 is 5.67 Å². The first-order valence-electron chi connectivity index (χ1n) is 6.62. The molecule has 0 aliphatic carbocycles. The van der Waals surface area contributed by atoms with Crippen molar-refractivity contribution in [2.75, 3.05) is 20.3 Å². The van der Waals surface area contributed by atoms with Gasteiger partial charge in [0.15, 0.2) is 0 Å². The van der Waals surface area contributed by atoms with Gasteiger partial charge < -0.3 is 10.5 Å². The number of benzene rings is 1. The lowest BCUT2D eigenvalue weighted by Gasteiger charge is -2.24. The lowest BCUT2D eigenvalue weighted by molar-refractivity contribution is 0.0253. The van der Waals surface area contributed by atoms with Crippen LogP contribution in [0.15, 0.2) is 30.3 Å². The van der Waals surface area contributed by atoms with Crippen molar-refractivity contribution in [3.63, 3.8) is 0 Å². The second-order valence-corrected chi connectivity index (χ2v) is 4.82. The third-order valence-electron chi connectivity index (χ3n) is 3.17. The smallest absolute Gasteiger partial charge is 0.134 e. The van der Waals surface area contributed by atoms with E-state index in [1.807, 2.05) is 18.2 Å². The predicted octanol–water partition coefficient (Wildman–Crippen LogP) is 3.10. The Kier molecular flexibility index (Phi) is 6.91. The van der Waals surface area contributed by atoms with Gasteiger partial charge in [0.25, 0.3) is 0 Å². The molecule has 0 saturated heterocycles. The zero-order valence-corrected chi connectivity index (χ0v) is 11.2. The van der Waals surface area contributed by atoms with Gasteiger partial charge >= 0.3 is 0 Å². The molecule has 1 rings (SSSR count). The number of halogens is 1. The molecule has 0 spiro atoms. The minimum atomic E-state index is -1.22. The third-order valence-corrected chi connectivity index (χ3v) is 3.17. The summed E-state index contributed by atoms with van der Waals surface area (Å²) in [5, 5.41) is 0. The maximum atomic E-state index is 14.5. The first-order chi connectivity index (χ1) is 8.70. The molecule has 1 aromatic rings. The molecule has 0 aliphatic heterocycles. The van der Waals surface area contributed by atoms with Gasteiger partial charge in [-0.2, -0.15) is 0 Å². The van der Waals surface area contributed by atoms with Gasteiger partial charge in [-0.3, -0.25) is 0 Å². The summed E-state index contributed by atoms with van der Waals surface area (Å²) >= 11 is 0. The first-order valence-corrected chi connectivity index (χ1v) is 6.62. The summed E-state index contributed by atoms with van der Waals surface area (Å²) in [6.07, 6.45) is 3.50. The van der Waals surface area contributed by atoms with Gasteiger partial charge in [0.2, 0.25) is 0 Å². The van der Waals surface area contributed by atoms with Crippen LogP contribution < -0.4 is 5.73 Å². The van der Waals surface area contributed by atoms with Crippen molar-refractivity contribution in [2.45, 2.75) is 37.8 Å². The Morgan fingerprint density at radius 1 is 1.17 bits per heavy atom. The SMILES string of the molecule is COCC(F)(CCCN)CCCc1ccccc1. The van der Waals surface area contributed by atoms with Gasteiger partial charge in [-0.15, -0.1) is 0 Å². The maximum absolute atomic E-state index is 14.5. The normalized spacial score (nSPS) is 14.4. The highest BCUT2D eigenvalue weighted by Gasteiger charge is 2.28. The largest absolute Gasteiger partial charge is 0.381 e. The minimum absolute atomic E-state index is 0.168. The van der Waals surface area contributed by atoms with Crippen LogP contribution in [0.25, 0.3) is 0 Å². The van der Waals surface area contributed by atoms with Crippen LogP contribution >= 0.6 is 0 Å². The highest BCUT2D eigenvalue weighted by atomic mass is 19.1. The molecule has 3 heteroatoms. The Labute approximate surface area is 109 Å². The zero-order chi connectivity index (χ0) is 13.3. The van der Waals surface area contributed by atoms with Gasteiger partial charge in [0.05, 0.1) is 6.61 Å². The first kappa shape index (κ1) is 15.1. The van der Waals surface area contributed by atoms with E-state index in [0.717, 1.165) is 12.8 Å². The van der Waals surface area contributed by atoms with Gasteiger partial charge in [-0.1, -0.05) is 30.3 Å². The number of aryl methyl sites for hydroxylation is 1. The fraction of sp³-hybridized carbons (Fsp3) is 0.600. The molecule has 102 valence electrons. The molecule has 1 unspecified atom stereocenters. The number of hydrogen-bond donors (Lipinski definition) is 1. The second-order valence-electron chi connectivity index (χ2n) is 4.82. The van der Waals surface area contributed by atoms with Crippen LogP contribution in [-0.4, -0.2) is 25.9 Å². The molecule has 0 amide bonds. The second kappa shape index (κ2) is 8.22. The number of alkyl halides is 1. The van der Waals surface area contributed by atoms with E-state index in [1.54, 1.807) is 7.11 Å². The summed E-state index contributed by atoms with van der Waals surface area (Å²) in [4.78, 5) is 0. The van der Waals surface area contributed by atoms with Crippen molar-refractivity contribution < 1.29 is 9.13 Å². The van der Waals surface area contributed by atoms with Crippen molar-refractivity contribution in [1.29, 1.82) is 0 Å². The molecule has 0 fully saturated rings. The lowest BCUT2D eigenvalue weighted by atomic mass is 9.93. The highest BCUT2D eigenvalue weighted by Crippen LogP contribution is 2.25. The summed E-state index contributed by atoms with van der Waals surface area (Å²) in [6, 6.07) is 10.2. The molecule has 2 nitrogen and oxygen atoms in total. The molecule has 0 heterocycles. The molecule has 0 aromatic heterocycles. The highest BCUT2D eigenvalue weighted by molar-refractivity contribution is 5.14. The number of rotatable bonds is 9. The van der Waals surface area contributed by atoms with E-state index in [-0.39, 0.29) is 6.61 Å². The van der Waals surface area contributed by atoms with E-state index in [1.165, 1.54) is 5.56 Å². The van der Waals surface area contributed by atoms with Crippen molar-refractivity contribution in [2.24, 2.45) is 5.73 Å². The van der Waals surface area contributed by atoms with Crippen molar-refractivity contribution in [3.8, 4) is 0 Å². The summed E-state index contributed by atoms with van der Waals surface area (Å²) < 4.78 is 19.5. The van der Waals surface area contributed by atoms with Crippen LogP contribution in [0.5, 0.6) is 0 Å². The maximum Gasteiger partial charge on any atom is 0.134 e. The van der Waals surface area contributed by atoms with Crippen molar-refractivity contribution in [1.82, 2.24) is 0 Å². The molecule has 0 radical (unpaired) electrons. The van der Waals surface area contributed by atoms with E-state index >= 15 is 0 Å². The molecule has 0 aliphatic rings. The van der Waals surface area contributed by atoms with Gasteiger partial charge in [0, 0.05) is 7.11 Å². The van der Waals surface area contributed by atoms with Crippen LogP contribution in [0.3, 0.4) is 0 Å². The fourth-order valence-electron chi connectivity index (χ4n) is 2.20. The number of ether oxygens (including phenoxy) is 1. The van der Waals surface area contributed by atoms with Gasteiger partial charge in [-0.05, 0) is 44.2 Å². The van der Waals surface area contributed by atoms with Gasteiger partial charge in [0.1, 0.15) is 5.67 Å². The Bertz CT molecular complexity index is 318. The van der Waals surface area contributed by atoms with E-state index in [4.69, 9.17) is 10.5 Å². The van der Waals surface area contributed by atoms with Crippen LogP contribution in [0, 0.1) is 0 Å². The summed E-state index contributed by atoms with van der Waals surface area (Å²) in [5.41, 5.74) is 5.49. The zero-order valence-electron chi connectivity index (χ0n) is 11.2. The van der Waals surface area contributed by atoms with Crippen LogP contribution in [0.2, 0.25) is 0 Å². The molecule has 0 bridgehead atoms. The topological polar surface area (TPSA) is 35.2 Å². The average molecular weight is 253 g/mol. The number of nitrogens with two attached hydrogens (primary N) is 1. The summed E-state index contributed by atoms with van der Waals surface area (Å²) in [5.74, 6) is 0. The van der Waals surface area contributed by atoms with Crippen molar-refractivity contribution >= 4 is 0 Å². The van der Waals surface area contributed by atoms with E-state index in [2.05, 4.69) is 12.1 Å². The van der Waals surface area contributed by atoms with Crippen LogP contribution in [0.1, 0.15) is 31.2 Å². The Hall–Kier alpha value is -0.930. The Morgan fingerprint density at radius 2 is 1.83 bits per heavy atom. The minimum Gasteiger partial charge on any atom is -0.381 e. The summed E-state index contributed by atoms with van der Waals surface area (Å²) in [6.45, 7) is 0.704. The van der Waals surface area contributed by atoms with Gasteiger partial charge in [-0.25, -0.2) is 4.39 Å². The quantitative estimate of drug-likeness (QED) is 0.734. The van der Waals surface area contributed by atoms with E-state index in [0.29, 0.717) is 25.8 Å². The molecular formula is C15H24FNO. The molecule has 1 aromatic carbocycles. The number of methoxy groups -OCH3 is 1. The van der Waals surface area contributed by atoms with Crippen molar-refractivity contribution in [3.05, 3.63) is 35.9 Å². The lowest BCUT2D eigenvalue weighted by Crippen LogP contribution is -2.30. The number of hydrogen-bond acceptors (Lipinski definition) is 2. The average Bonchev–Trinajstić information content (AvgIpc) is 2.38. The molecule has 18 heavy (non-hydrogen) atoms. The Morgan fingerprint density at radius 3 is 2.44 bits per heavy atom. The third kappa shape index (κ3) is 5.61. The van der Waals surface area contributed by atoms with Crippen LogP contribution in [-0.2, 0) is 11.2 Å². The van der Waals surface area contributed by atoms with Crippen LogP contribution in [0.4, 0.5) is 4.39 Å².